The summed E-state index contributed by atoms with van der Waals surface area (Å²) >= 11 is 5.88. The third kappa shape index (κ3) is 6.05. The van der Waals surface area contributed by atoms with Crippen LogP contribution in [0.5, 0.6) is 0 Å². The first-order chi connectivity index (χ1) is 17.3. The molecule has 0 bridgehead atoms. The highest BCUT2D eigenvalue weighted by Crippen LogP contribution is 2.39. The maximum atomic E-state index is 13.5. The molecule has 0 radical (unpaired) electrons. The summed E-state index contributed by atoms with van der Waals surface area (Å²) in [6.45, 7) is 0.00176. The zero-order valence-electron chi connectivity index (χ0n) is 18.5. The molecule has 12 heteroatoms. The zero-order chi connectivity index (χ0) is 27.0. The molecule has 2 N–H and O–H groups in total. The van der Waals surface area contributed by atoms with Gasteiger partial charge in [0.25, 0.3) is 0 Å². The minimum absolute atomic E-state index is 0.00176. The van der Waals surface area contributed by atoms with E-state index in [1.165, 1.54) is 35.1 Å². The van der Waals surface area contributed by atoms with E-state index < -0.39 is 29.4 Å². The van der Waals surface area contributed by atoms with Crippen LogP contribution >= 0.6 is 11.6 Å². The average Bonchev–Trinajstić information content (AvgIpc) is 3.27. The van der Waals surface area contributed by atoms with Crippen molar-refractivity contribution < 1.29 is 36.2 Å². The largest absolute Gasteiger partial charge is 0.478 e. The predicted molar refractivity (Wildman–Crippen MR) is 125 cm³/mol. The molecular formula is C25H16ClF6N3O2. The number of aromatic nitrogens is 2. The Morgan fingerprint density at radius 3 is 1.97 bits per heavy atom. The summed E-state index contributed by atoms with van der Waals surface area (Å²) in [5.41, 5.74) is -2.17. The Morgan fingerprint density at radius 1 is 0.892 bits per heavy atom. The summed E-state index contributed by atoms with van der Waals surface area (Å²) in [5, 5.41) is 16.9. The highest BCUT2D eigenvalue weighted by atomic mass is 35.5. The summed E-state index contributed by atoms with van der Waals surface area (Å²) in [6.07, 6.45) is -8.60. The van der Waals surface area contributed by atoms with Gasteiger partial charge in [-0.15, -0.1) is 0 Å². The molecule has 0 aliphatic carbocycles. The van der Waals surface area contributed by atoms with E-state index in [9.17, 15) is 31.1 Å². The molecule has 0 unspecified atom stereocenters. The number of hydrogen-bond donors (Lipinski definition) is 2. The number of halogens is 7. The van der Waals surface area contributed by atoms with E-state index in [1.54, 1.807) is 24.3 Å². The molecule has 0 aliphatic heterocycles. The van der Waals surface area contributed by atoms with Crippen LogP contribution < -0.4 is 5.32 Å². The lowest BCUT2D eigenvalue weighted by molar-refractivity contribution is -0.143. The molecule has 3 aromatic carbocycles. The van der Waals surface area contributed by atoms with Gasteiger partial charge in [0.05, 0.1) is 28.1 Å². The van der Waals surface area contributed by atoms with E-state index in [0.29, 0.717) is 34.1 Å². The minimum atomic E-state index is -5.02. The third-order valence-electron chi connectivity index (χ3n) is 5.36. The summed E-state index contributed by atoms with van der Waals surface area (Å²) in [7, 11) is 0. The lowest BCUT2D eigenvalue weighted by atomic mass is 10.0. The summed E-state index contributed by atoms with van der Waals surface area (Å²) in [6, 6.07) is 13.3. The van der Waals surface area contributed by atoms with Gasteiger partial charge in [-0.1, -0.05) is 11.6 Å². The fraction of sp³-hybridized carbons (Fsp3) is 0.120. The molecule has 4 aromatic rings. The van der Waals surface area contributed by atoms with Crippen molar-refractivity contribution in [2.75, 3.05) is 5.32 Å². The minimum Gasteiger partial charge on any atom is -0.478 e. The van der Waals surface area contributed by atoms with Crippen LogP contribution in [0.25, 0.3) is 16.9 Å². The van der Waals surface area contributed by atoms with Crippen LogP contribution in [0.15, 0.2) is 72.9 Å². The molecule has 0 saturated heterocycles. The van der Waals surface area contributed by atoms with Crippen molar-refractivity contribution in [3.63, 3.8) is 0 Å². The van der Waals surface area contributed by atoms with Crippen molar-refractivity contribution in [2.24, 2.45) is 0 Å². The third-order valence-corrected chi connectivity index (χ3v) is 5.61. The van der Waals surface area contributed by atoms with Crippen LogP contribution in [0.1, 0.15) is 27.0 Å². The first kappa shape index (κ1) is 26.1. The number of alkyl halides is 6. The van der Waals surface area contributed by atoms with Crippen LogP contribution in [0.2, 0.25) is 5.02 Å². The van der Waals surface area contributed by atoms with Gasteiger partial charge in [-0.05, 0) is 66.7 Å². The molecule has 0 fully saturated rings. The Morgan fingerprint density at radius 2 is 1.46 bits per heavy atom. The molecule has 0 amide bonds. The number of hydrogen-bond acceptors (Lipinski definition) is 3. The monoisotopic (exact) mass is 539 g/mol. The smallest absolute Gasteiger partial charge is 0.416 e. The van der Waals surface area contributed by atoms with Gasteiger partial charge in [0.15, 0.2) is 0 Å². The van der Waals surface area contributed by atoms with Gasteiger partial charge in [0, 0.05) is 34.6 Å². The average molecular weight is 540 g/mol. The van der Waals surface area contributed by atoms with Gasteiger partial charge >= 0.3 is 18.3 Å². The molecule has 4 rings (SSSR count). The Kier molecular flexibility index (Phi) is 6.92. The number of carboxylic acids is 1. The zero-order valence-corrected chi connectivity index (χ0v) is 19.3. The van der Waals surface area contributed by atoms with Crippen LogP contribution in [-0.4, -0.2) is 20.9 Å². The molecule has 0 saturated carbocycles. The number of rotatable bonds is 6. The molecule has 37 heavy (non-hydrogen) atoms. The van der Waals surface area contributed by atoms with Crippen LogP contribution in [0, 0.1) is 0 Å². The highest BCUT2D eigenvalue weighted by Gasteiger charge is 2.37. The van der Waals surface area contributed by atoms with Gasteiger partial charge in [-0.25, -0.2) is 9.48 Å². The van der Waals surface area contributed by atoms with Crippen molar-refractivity contribution in [2.45, 2.75) is 18.9 Å². The molecule has 1 aromatic heterocycles. The molecule has 1 heterocycles. The lowest BCUT2D eigenvalue weighted by Gasteiger charge is -2.14. The van der Waals surface area contributed by atoms with Crippen LogP contribution in [-0.2, 0) is 18.9 Å². The topological polar surface area (TPSA) is 67.2 Å². The first-order valence-electron chi connectivity index (χ1n) is 10.5. The quantitative estimate of drug-likeness (QED) is 0.248. The number of carboxylic acid groups (broad SMARTS) is 1. The van der Waals surface area contributed by atoms with Crippen molar-refractivity contribution >= 4 is 23.3 Å². The van der Waals surface area contributed by atoms with E-state index in [4.69, 9.17) is 16.7 Å². The van der Waals surface area contributed by atoms with Crippen molar-refractivity contribution in [3.05, 3.63) is 100 Å². The second-order valence-electron chi connectivity index (χ2n) is 7.95. The van der Waals surface area contributed by atoms with Gasteiger partial charge in [-0.2, -0.15) is 31.4 Å². The lowest BCUT2D eigenvalue weighted by Crippen LogP contribution is -2.11. The van der Waals surface area contributed by atoms with Crippen molar-refractivity contribution in [1.29, 1.82) is 0 Å². The number of anilines is 1. The SMILES string of the molecule is O=C(O)c1ccc(-n2cc(CNc3ccc(Cl)cc3)c(-c3cc(C(F)(F)F)cc(C(F)(F)F)c3)n2)cc1. The summed E-state index contributed by atoms with van der Waals surface area (Å²) < 4.78 is 82.0. The van der Waals surface area contributed by atoms with E-state index in [1.807, 2.05) is 0 Å². The van der Waals surface area contributed by atoms with E-state index in [0.717, 1.165) is 0 Å². The summed E-state index contributed by atoms with van der Waals surface area (Å²) in [5.74, 6) is -1.16. The second-order valence-corrected chi connectivity index (χ2v) is 8.39. The van der Waals surface area contributed by atoms with Crippen molar-refractivity contribution in [3.8, 4) is 16.9 Å². The van der Waals surface area contributed by atoms with Crippen LogP contribution in [0.3, 0.4) is 0 Å². The Balaban J connectivity index is 1.82. The molecular weight excluding hydrogens is 524 g/mol. The van der Waals surface area contributed by atoms with Gasteiger partial charge in [-0.3, -0.25) is 0 Å². The first-order valence-corrected chi connectivity index (χ1v) is 10.9. The number of benzene rings is 3. The maximum absolute atomic E-state index is 13.5. The van der Waals surface area contributed by atoms with Gasteiger partial charge in [0.1, 0.15) is 0 Å². The fourth-order valence-corrected chi connectivity index (χ4v) is 3.65. The molecule has 192 valence electrons. The molecule has 0 spiro atoms. The number of aromatic carboxylic acids is 1. The second kappa shape index (κ2) is 9.81. The number of carbonyl (C=O) groups is 1. The van der Waals surface area contributed by atoms with E-state index >= 15 is 0 Å². The maximum Gasteiger partial charge on any atom is 0.416 e. The standard InChI is InChI=1S/C25H16ClF6N3O2/c26-19-3-5-20(6-4-19)33-12-16-13-35(21-7-1-14(2-8-21)23(36)37)34-22(16)15-9-17(24(27,28)29)11-18(10-15)25(30,31)32/h1-11,13,33H,12H2,(H,36,37). The van der Waals surface area contributed by atoms with E-state index in [-0.39, 0.29) is 29.4 Å². The molecule has 0 atom stereocenters. The normalized spacial score (nSPS) is 12.0. The van der Waals surface area contributed by atoms with Gasteiger partial charge in [0.2, 0.25) is 0 Å². The van der Waals surface area contributed by atoms with Crippen molar-refractivity contribution in [1.82, 2.24) is 9.78 Å². The van der Waals surface area contributed by atoms with E-state index in [2.05, 4.69) is 10.4 Å². The number of nitrogens with zero attached hydrogens (tertiary/aromatic N) is 2. The molecule has 5 nitrogen and oxygen atoms in total. The number of nitrogens with one attached hydrogen (secondary N) is 1. The Hall–Kier alpha value is -3.99. The predicted octanol–water partition coefficient (Wildman–Crippen LogP) is 7.54. The Labute approximate surface area is 210 Å². The highest BCUT2D eigenvalue weighted by molar-refractivity contribution is 6.30. The fourth-order valence-electron chi connectivity index (χ4n) is 3.53. The van der Waals surface area contributed by atoms with Crippen LogP contribution in [0.4, 0.5) is 32.0 Å². The molecule has 0 aliphatic rings. The summed E-state index contributed by atoms with van der Waals surface area (Å²) in [4.78, 5) is 11.1. The Bertz CT molecular complexity index is 1400. The van der Waals surface area contributed by atoms with Gasteiger partial charge < -0.3 is 10.4 Å².